The van der Waals surface area contributed by atoms with Crippen molar-refractivity contribution >= 4 is 22.5 Å². The molecule has 3 aromatic rings. The number of H-pyrrole nitrogens is 2. The van der Waals surface area contributed by atoms with E-state index in [0.717, 1.165) is 29.2 Å². The third-order valence-corrected chi connectivity index (χ3v) is 4.11. The van der Waals surface area contributed by atoms with E-state index in [1.165, 1.54) is 0 Å². The summed E-state index contributed by atoms with van der Waals surface area (Å²) in [4.78, 5) is 35.2. The zero-order valence-corrected chi connectivity index (χ0v) is 14.5. The largest absolute Gasteiger partial charge is 0.397 e. The molecule has 0 saturated heterocycles. The van der Waals surface area contributed by atoms with Gasteiger partial charge in [-0.2, -0.15) is 0 Å². The number of hydrogen-bond donors (Lipinski definition) is 4. The molecule has 1 aromatic carbocycles. The minimum Gasteiger partial charge on any atom is -0.397 e. The number of nitrogens with two attached hydrogens (primary N) is 1. The highest BCUT2D eigenvalue weighted by atomic mass is 16.2. The number of nitrogens with one attached hydrogen (secondary N) is 3. The van der Waals surface area contributed by atoms with Crippen molar-refractivity contribution in [3.63, 3.8) is 0 Å². The van der Waals surface area contributed by atoms with Crippen molar-refractivity contribution in [2.75, 3.05) is 12.3 Å². The first kappa shape index (κ1) is 16.8. The molecule has 1 amide bonds. The maximum atomic E-state index is 12.5. The monoisotopic (exact) mass is 339 g/mol. The Balaban J connectivity index is 2.24. The molecule has 7 nitrogen and oxygen atoms in total. The molecule has 7 heteroatoms. The molecule has 0 atom stereocenters. The zero-order chi connectivity index (χ0) is 18.1. The molecule has 0 fully saturated rings. The van der Waals surface area contributed by atoms with Gasteiger partial charge in [0.1, 0.15) is 11.4 Å². The van der Waals surface area contributed by atoms with Crippen molar-refractivity contribution in [3.05, 3.63) is 45.6 Å². The summed E-state index contributed by atoms with van der Waals surface area (Å²) >= 11 is 0. The van der Waals surface area contributed by atoms with Gasteiger partial charge in [-0.15, -0.1) is 0 Å². The second-order valence-electron chi connectivity index (χ2n) is 6.02. The van der Waals surface area contributed by atoms with E-state index in [9.17, 15) is 9.59 Å². The molecular formula is C18H21N5O2. The fourth-order valence-electron chi connectivity index (χ4n) is 2.97. The smallest absolute Gasteiger partial charge is 0.263 e. The number of hydrogen-bond acceptors (Lipinski definition) is 4. The molecular weight excluding hydrogens is 318 g/mol. The number of pyridine rings is 1. The van der Waals surface area contributed by atoms with Crippen LogP contribution in [0.3, 0.4) is 0 Å². The van der Waals surface area contributed by atoms with Gasteiger partial charge in [0, 0.05) is 23.2 Å². The maximum absolute atomic E-state index is 12.5. The highest BCUT2D eigenvalue weighted by Crippen LogP contribution is 2.30. The number of amides is 1. The van der Waals surface area contributed by atoms with Crippen LogP contribution in [0.1, 0.15) is 35.2 Å². The fraction of sp³-hybridized carbons (Fsp3) is 0.278. The Kier molecular flexibility index (Phi) is 4.31. The van der Waals surface area contributed by atoms with Crippen LogP contribution < -0.4 is 16.6 Å². The summed E-state index contributed by atoms with van der Waals surface area (Å²) < 4.78 is 0. The average molecular weight is 339 g/mol. The predicted octanol–water partition coefficient (Wildman–Crippen LogP) is 2.26. The minimum absolute atomic E-state index is 0.0481. The number of carbonyl (C=O) groups is 1. The van der Waals surface area contributed by atoms with E-state index in [4.69, 9.17) is 5.73 Å². The molecule has 0 spiro atoms. The third kappa shape index (κ3) is 2.88. The van der Waals surface area contributed by atoms with E-state index >= 15 is 0 Å². The fourth-order valence-corrected chi connectivity index (χ4v) is 2.97. The molecule has 0 bridgehead atoms. The first-order valence-electron chi connectivity index (χ1n) is 8.20. The number of benzene rings is 1. The first-order valence-corrected chi connectivity index (χ1v) is 8.20. The van der Waals surface area contributed by atoms with Gasteiger partial charge in [0.15, 0.2) is 0 Å². The number of aromatic amines is 2. The third-order valence-electron chi connectivity index (χ3n) is 4.11. The summed E-state index contributed by atoms with van der Waals surface area (Å²) in [5.74, 6) is 0.329. The molecule has 0 unspecified atom stereocenters. The number of imidazole rings is 1. The van der Waals surface area contributed by atoms with Gasteiger partial charge in [-0.3, -0.25) is 9.59 Å². The molecule has 2 aromatic heterocycles. The Morgan fingerprint density at radius 3 is 2.68 bits per heavy atom. The summed E-state index contributed by atoms with van der Waals surface area (Å²) in [6.07, 6.45) is 0.777. The van der Waals surface area contributed by atoms with Gasteiger partial charge in [0.25, 0.3) is 11.5 Å². The number of para-hydroxylation sites is 1. The molecule has 25 heavy (non-hydrogen) atoms. The zero-order valence-electron chi connectivity index (χ0n) is 14.5. The Bertz CT molecular complexity index is 1020. The summed E-state index contributed by atoms with van der Waals surface area (Å²) in [5.41, 5.74) is 8.79. The Morgan fingerprint density at radius 2 is 2.04 bits per heavy atom. The van der Waals surface area contributed by atoms with Gasteiger partial charge in [0.05, 0.1) is 16.9 Å². The van der Waals surface area contributed by atoms with Gasteiger partial charge in [-0.05, 0) is 20.3 Å². The second kappa shape index (κ2) is 6.43. The van der Waals surface area contributed by atoms with Crippen LogP contribution in [0.4, 0.5) is 5.69 Å². The molecule has 0 aliphatic heterocycles. The maximum Gasteiger partial charge on any atom is 0.263 e. The number of aromatic nitrogens is 3. The van der Waals surface area contributed by atoms with Crippen LogP contribution in [-0.2, 0) is 0 Å². The highest BCUT2D eigenvalue weighted by molar-refractivity contribution is 6.08. The molecule has 0 aliphatic carbocycles. The summed E-state index contributed by atoms with van der Waals surface area (Å²) in [6.45, 7) is 6.22. The van der Waals surface area contributed by atoms with Crippen molar-refractivity contribution in [2.45, 2.75) is 27.2 Å². The summed E-state index contributed by atoms with van der Waals surface area (Å²) in [6, 6.07) is 5.50. The minimum atomic E-state index is -0.504. The van der Waals surface area contributed by atoms with E-state index in [0.29, 0.717) is 17.4 Å². The van der Waals surface area contributed by atoms with Gasteiger partial charge < -0.3 is 21.0 Å². The van der Waals surface area contributed by atoms with Crippen molar-refractivity contribution in [2.24, 2.45) is 0 Å². The normalized spacial score (nSPS) is 11.0. The van der Waals surface area contributed by atoms with E-state index < -0.39 is 11.5 Å². The van der Waals surface area contributed by atoms with Crippen molar-refractivity contribution < 1.29 is 4.79 Å². The first-order chi connectivity index (χ1) is 11.9. The van der Waals surface area contributed by atoms with Gasteiger partial charge in [-0.25, -0.2) is 4.98 Å². The molecule has 5 N–H and O–H groups in total. The molecule has 2 heterocycles. The Morgan fingerprint density at radius 1 is 1.28 bits per heavy atom. The van der Waals surface area contributed by atoms with E-state index in [1.54, 1.807) is 6.07 Å². The van der Waals surface area contributed by atoms with E-state index in [2.05, 4.69) is 20.3 Å². The van der Waals surface area contributed by atoms with Gasteiger partial charge in [0.2, 0.25) is 0 Å². The van der Waals surface area contributed by atoms with Crippen LogP contribution in [-0.4, -0.2) is 27.4 Å². The molecule has 0 saturated carbocycles. The summed E-state index contributed by atoms with van der Waals surface area (Å²) in [5, 5.41) is 3.32. The van der Waals surface area contributed by atoms with Crippen LogP contribution in [0, 0.1) is 13.8 Å². The Hall–Kier alpha value is -3.09. The number of carbonyl (C=O) groups excluding carboxylic acids is 1. The van der Waals surface area contributed by atoms with Crippen LogP contribution in [0.25, 0.3) is 22.2 Å². The second-order valence-corrected chi connectivity index (χ2v) is 6.02. The van der Waals surface area contributed by atoms with Crippen LogP contribution in [0.15, 0.2) is 23.0 Å². The number of rotatable bonds is 4. The van der Waals surface area contributed by atoms with Gasteiger partial charge >= 0.3 is 0 Å². The predicted molar refractivity (Wildman–Crippen MR) is 98.7 cm³/mol. The summed E-state index contributed by atoms with van der Waals surface area (Å²) in [7, 11) is 0. The molecule has 0 aliphatic rings. The lowest BCUT2D eigenvalue weighted by molar-refractivity contribution is 0.0953. The molecule has 130 valence electrons. The standard InChI is InChI=1S/C18H21N5O2/c1-4-8-20-17(24)13-14(19)11-6-5-7-12(16(11)23-18(13)25)15-9(2)21-10(3)22-15/h5-7H,4,8H2,1-3H3,(H,20,24)(H,21,22)(H3,19,23,25). The quantitative estimate of drug-likeness (QED) is 0.583. The topological polar surface area (TPSA) is 117 Å². The lowest BCUT2D eigenvalue weighted by Gasteiger charge is -2.11. The van der Waals surface area contributed by atoms with Crippen LogP contribution in [0.5, 0.6) is 0 Å². The SMILES string of the molecule is CCCNC(=O)c1c(N)c2cccc(-c3nc(C)[nH]c3C)c2[nH]c1=O. The Labute approximate surface area is 144 Å². The van der Waals surface area contributed by atoms with Crippen LogP contribution >= 0.6 is 0 Å². The van der Waals surface area contributed by atoms with Gasteiger partial charge in [-0.1, -0.05) is 25.1 Å². The molecule has 0 radical (unpaired) electrons. The molecule has 3 rings (SSSR count). The number of anilines is 1. The number of fused-ring (bicyclic) bond motifs is 1. The van der Waals surface area contributed by atoms with Crippen LogP contribution in [0.2, 0.25) is 0 Å². The lowest BCUT2D eigenvalue weighted by Crippen LogP contribution is -2.31. The van der Waals surface area contributed by atoms with E-state index in [1.807, 2.05) is 32.9 Å². The van der Waals surface area contributed by atoms with Crippen molar-refractivity contribution in [1.29, 1.82) is 0 Å². The average Bonchev–Trinajstić information content (AvgIpc) is 2.90. The highest BCUT2D eigenvalue weighted by Gasteiger charge is 2.19. The van der Waals surface area contributed by atoms with Crippen molar-refractivity contribution in [1.82, 2.24) is 20.3 Å². The van der Waals surface area contributed by atoms with E-state index in [-0.39, 0.29) is 11.3 Å². The number of aryl methyl sites for hydroxylation is 2. The number of nitrogen functional groups attached to an aromatic ring is 1. The lowest BCUT2D eigenvalue weighted by atomic mass is 10.0. The van der Waals surface area contributed by atoms with Crippen molar-refractivity contribution in [3.8, 4) is 11.3 Å². The number of nitrogens with zero attached hydrogens (tertiary/aromatic N) is 1.